The molecule has 0 aromatic carbocycles. The van der Waals surface area contributed by atoms with E-state index in [4.69, 9.17) is 4.74 Å². The van der Waals surface area contributed by atoms with Crippen LogP contribution in [-0.2, 0) is 9.57 Å². The molecular formula is C8H15NO3. The van der Waals surface area contributed by atoms with Gasteiger partial charge < -0.3 is 9.57 Å². The van der Waals surface area contributed by atoms with E-state index in [1.807, 2.05) is 0 Å². The second kappa shape index (κ2) is 4.98. The molecular weight excluding hydrogens is 158 g/mol. The normalized spacial score (nSPS) is 18.8. The summed E-state index contributed by atoms with van der Waals surface area (Å²) >= 11 is 0. The van der Waals surface area contributed by atoms with Crippen LogP contribution in [-0.4, -0.2) is 19.3 Å². The fourth-order valence-corrected chi connectivity index (χ4v) is 1.43. The van der Waals surface area contributed by atoms with E-state index in [0.717, 1.165) is 25.7 Å². The van der Waals surface area contributed by atoms with Crippen molar-refractivity contribution >= 4 is 6.16 Å². The maximum atomic E-state index is 10.8. The molecule has 1 saturated carbocycles. The highest BCUT2D eigenvalue weighted by atomic mass is 16.8. The van der Waals surface area contributed by atoms with Gasteiger partial charge in [-0.1, -0.05) is 6.42 Å². The maximum Gasteiger partial charge on any atom is 0.527 e. The minimum Gasteiger partial charge on any atom is -0.430 e. The predicted octanol–water partition coefficient (Wildman–Crippen LogP) is 1.61. The van der Waals surface area contributed by atoms with Crippen molar-refractivity contribution in [1.82, 2.24) is 5.48 Å². The molecule has 4 heteroatoms. The Bertz CT molecular complexity index is 143. The average Bonchev–Trinajstić information content (AvgIpc) is 2.06. The van der Waals surface area contributed by atoms with Gasteiger partial charge in [0.05, 0.1) is 0 Å². The van der Waals surface area contributed by atoms with E-state index < -0.39 is 6.16 Å². The summed E-state index contributed by atoms with van der Waals surface area (Å²) in [6.45, 7) is 0. The Kier molecular flexibility index (Phi) is 3.87. The summed E-state index contributed by atoms with van der Waals surface area (Å²) in [5, 5.41) is 0. The first-order chi connectivity index (χ1) is 5.83. The molecule has 0 aromatic rings. The van der Waals surface area contributed by atoms with Crippen molar-refractivity contribution in [3.63, 3.8) is 0 Å². The van der Waals surface area contributed by atoms with Crippen LogP contribution in [0.3, 0.4) is 0 Å². The van der Waals surface area contributed by atoms with Crippen LogP contribution in [0.1, 0.15) is 32.1 Å². The van der Waals surface area contributed by atoms with Gasteiger partial charge in [0.1, 0.15) is 6.10 Å². The third-order valence-electron chi connectivity index (χ3n) is 2.00. The highest BCUT2D eigenvalue weighted by molar-refractivity contribution is 5.59. The minimum atomic E-state index is -0.621. The highest BCUT2D eigenvalue weighted by Crippen LogP contribution is 2.20. The molecule has 1 fully saturated rings. The summed E-state index contributed by atoms with van der Waals surface area (Å²) in [6, 6.07) is 0. The quantitative estimate of drug-likeness (QED) is 0.509. The number of carbonyl (C=O) groups is 1. The molecule has 0 atom stereocenters. The van der Waals surface area contributed by atoms with Gasteiger partial charge in [-0.15, -0.1) is 0 Å². The van der Waals surface area contributed by atoms with E-state index in [0.29, 0.717) is 0 Å². The van der Waals surface area contributed by atoms with Gasteiger partial charge in [-0.3, -0.25) is 0 Å². The van der Waals surface area contributed by atoms with Crippen LogP contribution in [0.15, 0.2) is 0 Å². The van der Waals surface area contributed by atoms with Gasteiger partial charge in [0.2, 0.25) is 0 Å². The van der Waals surface area contributed by atoms with Gasteiger partial charge in [-0.05, 0) is 25.7 Å². The van der Waals surface area contributed by atoms with Crippen molar-refractivity contribution in [2.75, 3.05) is 7.05 Å². The summed E-state index contributed by atoms with van der Waals surface area (Å²) in [5.41, 5.74) is 2.28. The van der Waals surface area contributed by atoms with E-state index in [1.54, 1.807) is 0 Å². The summed E-state index contributed by atoms with van der Waals surface area (Å²) in [7, 11) is 1.53. The van der Waals surface area contributed by atoms with E-state index in [9.17, 15) is 4.79 Å². The lowest BCUT2D eigenvalue weighted by atomic mass is 9.98. The van der Waals surface area contributed by atoms with Crippen molar-refractivity contribution < 1.29 is 14.4 Å². The summed E-state index contributed by atoms with van der Waals surface area (Å²) in [4.78, 5) is 15.2. The molecule has 0 spiro atoms. The molecule has 0 saturated heterocycles. The van der Waals surface area contributed by atoms with Crippen LogP contribution in [0.5, 0.6) is 0 Å². The second-order valence-electron chi connectivity index (χ2n) is 2.93. The Balaban J connectivity index is 2.15. The van der Waals surface area contributed by atoms with Crippen molar-refractivity contribution in [1.29, 1.82) is 0 Å². The number of hydrogen-bond acceptors (Lipinski definition) is 4. The van der Waals surface area contributed by atoms with Crippen molar-refractivity contribution in [3.8, 4) is 0 Å². The highest BCUT2D eigenvalue weighted by Gasteiger charge is 2.18. The fraction of sp³-hybridized carbons (Fsp3) is 0.875. The third-order valence-corrected chi connectivity index (χ3v) is 2.00. The molecule has 0 aromatic heterocycles. The van der Waals surface area contributed by atoms with E-state index >= 15 is 0 Å². The molecule has 70 valence electrons. The molecule has 0 heterocycles. The second-order valence-corrected chi connectivity index (χ2v) is 2.93. The largest absolute Gasteiger partial charge is 0.527 e. The van der Waals surface area contributed by atoms with E-state index in [2.05, 4.69) is 10.3 Å². The number of hydroxylamine groups is 1. The fourth-order valence-electron chi connectivity index (χ4n) is 1.43. The molecule has 1 rings (SSSR count). The SMILES string of the molecule is CNOC(=O)OC1CCCCC1. The molecule has 1 aliphatic carbocycles. The zero-order valence-electron chi connectivity index (χ0n) is 7.34. The van der Waals surface area contributed by atoms with E-state index in [1.165, 1.54) is 13.5 Å². The Morgan fingerprint density at radius 3 is 2.58 bits per heavy atom. The topological polar surface area (TPSA) is 47.6 Å². The zero-order chi connectivity index (χ0) is 8.81. The van der Waals surface area contributed by atoms with Gasteiger partial charge in [0.15, 0.2) is 0 Å². The molecule has 4 nitrogen and oxygen atoms in total. The van der Waals surface area contributed by atoms with Gasteiger partial charge >= 0.3 is 6.16 Å². The first-order valence-corrected chi connectivity index (χ1v) is 4.37. The lowest BCUT2D eigenvalue weighted by Crippen LogP contribution is -2.24. The Labute approximate surface area is 72.2 Å². The summed E-state index contributed by atoms with van der Waals surface area (Å²) < 4.78 is 5.01. The number of carbonyl (C=O) groups excluding carboxylic acids is 1. The van der Waals surface area contributed by atoms with Crippen LogP contribution >= 0.6 is 0 Å². The average molecular weight is 173 g/mol. The van der Waals surface area contributed by atoms with Crippen molar-refractivity contribution in [2.45, 2.75) is 38.2 Å². The Morgan fingerprint density at radius 1 is 1.33 bits per heavy atom. The first kappa shape index (κ1) is 9.32. The zero-order valence-corrected chi connectivity index (χ0v) is 7.34. The van der Waals surface area contributed by atoms with Gasteiger partial charge in [-0.2, -0.15) is 5.48 Å². The van der Waals surface area contributed by atoms with Crippen LogP contribution < -0.4 is 5.48 Å². The molecule has 1 aliphatic rings. The van der Waals surface area contributed by atoms with Gasteiger partial charge in [-0.25, -0.2) is 4.79 Å². The van der Waals surface area contributed by atoms with Gasteiger partial charge in [0.25, 0.3) is 0 Å². The maximum absolute atomic E-state index is 10.8. The van der Waals surface area contributed by atoms with Crippen molar-refractivity contribution in [3.05, 3.63) is 0 Å². The molecule has 12 heavy (non-hydrogen) atoms. The van der Waals surface area contributed by atoms with Crippen LogP contribution in [0.25, 0.3) is 0 Å². The molecule has 0 amide bonds. The summed E-state index contributed by atoms with van der Waals surface area (Å²) in [6.07, 6.45) is 4.94. The molecule has 1 N–H and O–H groups in total. The molecule has 0 unspecified atom stereocenters. The standard InChI is InChI=1S/C8H15NO3/c1-9-12-8(10)11-7-5-3-2-4-6-7/h7,9H,2-6H2,1H3. The number of rotatable bonds is 2. The predicted molar refractivity (Wildman–Crippen MR) is 43.5 cm³/mol. The van der Waals surface area contributed by atoms with Crippen LogP contribution in [0.4, 0.5) is 4.79 Å². The monoisotopic (exact) mass is 173 g/mol. The summed E-state index contributed by atoms with van der Waals surface area (Å²) in [5.74, 6) is 0. The van der Waals surface area contributed by atoms with E-state index in [-0.39, 0.29) is 6.10 Å². The lowest BCUT2D eigenvalue weighted by Gasteiger charge is -2.20. The van der Waals surface area contributed by atoms with Crippen LogP contribution in [0.2, 0.25) is 0 Å². The third kappa shape index (κ3) is 3.09. The number of ether oxygens (including phenoxy) is 1. The van der Waals surface area contributed by atoms with Gasteiger partial charge in [0, 0.05) is 7.05 Å². The number of nitrogens with one attached hydrogen (secondary N) is 1. The molecule has 0 radical (unpaired) electrons. The lowest BCUT2D eigenvalue weighted by molar-refractivity contribution is -0.0109. The van der Waals surface area contributed by atoms with Crippen molar-refractivity contribution in [2.24, 2.45) is 0 Å². The molecule has 0 bridgehead atoms. The smallest absolute Gasteiger partial charge is 0.430 e. The molecule has 0 aliphatic heterocycles. The Morgan fingerprint density at radius 2 is 2.00 bits per heavy atom. The first-order valence-electron chi connectivity index (χ1n) is 4.37. The Hall–Kier alpha value is -0.770. The number of hydrogen-bond donors (Lipinski definition) is 1. The minimum absolute atomic E-state index is 0.0691. The van der Waals surface area contributed by atoms with Crippen LogP contribution in [0, 0.1) is 0 Å².